The second kappa shape index (κ2) is 11.8. The highest BCUT2D eigenvalue weighted by Gasteiger charge is 2.21. The van der Waals surface area contributed by atoms with Crippen molar-refractivity contribution in [2.45, 2.75) is 44.4 Å². The Morgan fingerprint density at radius 2 is 1.64 bits per heavy atom. The van der Waals surface area contributed by atoms with Crippen LogP contribution < -0.4 is 15.5 Å². The Balaban J connectivity index is 1.17. The van der Waals surface area contributed by atoms with E-state index in [1.165, 1.54) is 5.56 Å². The lowest BCUT2D eigenvalue weighted by Crippen LogP contribution is -2.37. The van der Waals surface area contributed by atoms with Gasteiger partial charge < -0.3 is 20.3 Å². The lowest BCUT2D eigenvalue weighted by atomic mass is 9.91. The van der Waals surface area contributed by atoms with Crippen LogP contribution in [-0.2, 0) is 11.3 Å². The summed E-state index contributed by atoms with van der Waals surface area (Å²) in [6, 6.07) is 19.5. The van der Waals surface area contributed by atoms with E-state index < -0.39 is 0 Å². The lowest BCUT2D eigenvalue weighted by molar-refractivity contribution is 0.148. The van der Waals surface area contributed by atoms with E-state index in [9.17, 15) is 0 Å². The van der Waals surface area contributed by atoms with Gasteiger partial charge in [-0.2, -0.15) is 4.98 Å². The number of rotatable bonds is 10. The number of benzene rings is 2. The monoisotopic (exact) mass is 445 g/mol. The third-order valence-corrected chi connectivity index (χ3v) is 6.08. The molecule has 4 rings (SSSR count). The first kappa shape index (κ1) is 23.2. The molecule has 2 aromatic carbocycles. The maximum Gasteiger partial charge on any atom is 0.225 e. The highest BCUT2D eigenvalue weighted by molar-refractivity contribution is 5.90. The number of hydrogen-bond donors (Lipinski definition) is 2. The summed E-state index contributed by atoms with van der Waals surface area (Å²) in [4.78, 5) is 11.6. The van der Waals surface area contributed by atoms with E-state index in [-0.39, 0.29) is 0 Å². The molecule has 0 saturated heterocycles. The fraction of sp³-hybridized carbons (Fsp3) is 0.407. The van der Waals surface area contributed by atoms with Gasteiger partial charge in [0.1, 0.15) is 5.82 Å². The summed E-state index contributed by atoms with van der Waals surface area (Å²) >= 11 is 0. The molecule has 174 valence electrons. The van der Waals surface area contributed by atoms with Gasteiger partial charge >= 0.3 is 0 Å². The molecule has 0 atom stereocenters. The van der Waals surface area contributed by atoms with Crippen molar-refractivity contribution in [3.05, 3.63) is 72.3 Å². The van der Waals surface area contributed by atoms with Crippen LogP contribution in [0.2, 0.25) is 0 Å². The van der Waals surface area contributed by atoms with Crippen LogP contribution in [0.3, 0.4) is 0 Å². The second-order valence-electron chi connectivity index (χ2n) is 8.86. The fourth-order valence-electron chi connectivity index (χ4n) is 4.29. The molecule has 3 aromatic rings. The van der Waals surface area contributed by atoms with E-state index in [1.54, 1.807) is 0 Å². The van der Waals surface area contributed by atoms with Crippen molar-refractivity contribution in [1.29, 1.82) is 0 Å². The molecule has 1 aliphatic carbocycles. The molecule has 0 aliphatic heterocycles. The van der Waals surface area contributed by atoms with Gasteiger partial charge in [-0.1, -0.05) is 54.6 Å². The van der Waals surface area contributed by atoms with E-state index >= 15 is 0 Å². The smallest absolute Gasteiger partial charge is 0.225 e. The summed E-state index contributed by atoms with van der Waals surface area (Å²) < 4.78 is 5.69. The molecule has 0 radical (unpaired) electrons. The van der Waals surface area contributed by atoms with Crippen molar-refractivity contribution in [2.24, 2.45) is 0 Å². The summed E-state index contributed by atoms with van der Waals surface area (Å²) in [5.41, 5.74) is 2.19. The molecule has 1 aliphatic rings. The van der Waals surface area contributed by atoms with Crippen molar-refractivity contribution in [3.8, 4) is 0 Å². The average molecular weight is 446 g/mol. The van der Waals surface area contributed by atoms with Gasteiger partial charge in [0.2, 0.25) is 5.95 Å². The van der Waals surface area contributed by atoms with Gasteiger partial charge in [-0.05, 0) is 43.4 Å². The molecular formula is C27H35N5O. The number of fused-ring (bicyclic) bond motifs is 1. The number of para-hydroxylation sites is 1. The van der Waals surface area contributed by atoms with Crippen LogP contribution in [0.25, 0.3) is 10.9 Å². The molecule has 1 heterocycles. The lowest BCUT2D eigenvalue weighted by Gasteiger charge is -2.29. The van der Waals surface area contributed by atoms with Gasteiger partial charge in [0.05, 0.1) is 18.7 Å². The van der Waals surface area contributed by atoms with E-state index in [4.69, 9.17) is 14.7 Å². The Hall–Kier alpha value is -2.96. The predicted molar refractivity (Wildman–Crippen MR) is 137 cm³/mol. The van der Waals surface area contributed by atoms with Crippen molar-refractivity contribution in [3.63, 3.8) is 0 Å². The Morgan fingerprint density at radius 1 is 0.909 bits per heavy atom. The molecule has 1 fully saturated rings. The largest absolute Gasteiger partial charge is 0.373 e. The molecule has 0 unspecified atom stereocenters. The van der Waals surface area contributed by atoms with Crippen LogP contribution in [0.15, 0.2) is 66.7 Å². The zero-order valence-corrected chi connectivity index (χ0v) is 19.7. The third-order valence-electron chi connectivity index (χ3n) is 6.08. The first-order valence-corrected chi connectivity index (χ1v) is 11.9. The van der Waals surface area contributed by atoms with Crippen LogP contribution in [0, 0.1) is 0 Å². The average Bonchev–Trinajstić information content (AvgIpc) is 2.84. The minimum atomic E-state index is 0.418. The molecule has 33 heavy (non-hydrogen) atoms. The fourth-order valence-corrected chi connectivity index (χ4v) is 4.29. The molecule has 1 saturated carbocycles. The topological polar surface area (TPSA) is 62.3 Å². The van der Waals surface area contributed by atoms with E-state index in [0.717, 1.165) is 54.9 Å². The zero-order valence-electron chi connectivity index (χ0n) is 19.7. The van der Waals surface area contributed by atoms with E-state index in [2.05, 4.69) is 52.0 Å². The quantitative estimate of drug-likeness (QED) is 0.346. The van der Waals surface area contributed by atoms with Crippen LogP contribution in [-0.4, -0.2) is 49.3 Å². The van der Waals surface area contributed by atoms with Crippen molar-refractivity contribution in [2.75, 3.05) is 37.5 Å². The van der Waals surface area contributed by atoms with E-state index in [1.807, 2.05) is 44.4 Å². The number of nitrogens with zero attached hydrogens (tertiary/aromatic N) is 3. The second-order valence-corrected chi connectivity index (χ2v) is 8.86. The SMILES string of the molecule is CN(C)c1nc(N[C@H]2CC[C@@H](NC/C=C\COCc3ccccc3)CC2)nc2ccccc12. The van der Waals surface area contributed by atoms with Crippen LogP contribution in [0.4, 0.5) is 11.8 Å². The van der Waals surface area contributed by atoms with Crippen LogP contribution >= 0.6 is 0 Å². The highest BCUT2D eigenvalue weighted by atomic mass is 16.5. The Kier molecular flexibility index (Phi) is 8.28. The first-order valence-electron chi connectivity index (χ1n) is 11.9. The van der Waals surface area contributed by atoms with Gasteiger partial charge in [-0.25, -0.2) is 4.98 Å². The zero-order chi connectivity index (χ0) is 22.9. The number of aromatic nitrogens is 2. The summed E-state index contributed by atoms with van der Waals surface area (Å²) in [6.45, 7) is 2.19. The number of hydrogen-bond acceptors (Lipinski definition) is 6. The summed E-state index contributed by atoms with van der Waals surface area (Å²) in [6.07, 6.45) is 8.82. The number of ether oxygens (including phenoxy) is 1. The molecule has 6 heteroatoms. The number of anilines is 2. The first-order chi connectivity index (χ1) is 16.2. The highest BCUT2D eigenvalue weighted by Crippen LogP contribution is 2.26. The van der Waals surface area contributed by atoms with Crippen LogP contribution in [0.1, 0.15) is 31.2 Å². The molecule has 0 bridgehead atoms. The predicted octanol–water partition coefficient (Wildman–Crippen LogP) is 4.78. The van der Waals surface area contributed by atoms with Crippen molar-refractivity contribution < 1.29 is 4.74 Å². The van der Waals surface area contributed by atoms with Gasteiger partial charge in [-0.15, -0.1) is 0 Å². The Morgan fingerprint density at radius 3 is 2.42 bits per heavy atom. The Labute approximate surface area is 197 Å². The van der Waals surface area contributed by atoms with Crippen molar-refractivity contribution >= 4 is 22.7 Å². The maximum atomic E-state index is 5.69. The summed E-state index contributed by atoms with van der Waals surface area (Å²) in [5.74, 6) is 1.69. The third kappa shape index (κ3) is 6.76. The maximum absolute atomic E-state index is 5.69. The number of nitrogens with one attached hydrogen (secondary N) is 2. The molecule has 2 N–H and O–H groups in total. The van der Waals surface area contributed by atoms with Gasteiger partial charge in [0.25, 0.3) is 0 Å². The molecule has 0 amide bonds. The van der Waals surface area contributed by atoms with Gasteiger partial charge in [-0.3, -0.25) is 0 Å². The standard InChI is InChI=1S/C27H35N5O/c1-32(2)26-24-12-6-7-13-25(24)30-27(31-26)29-23-16-14-22(15-17-23)28-18-8-9-19-33-20-21-10-4-3-5-11-21/h3-13,22-23,28H,14-20H2,1-2H3,(H,29,30,31)/b9-8-/t22-,23+. The summed E-state index contributed by atoms with van der Waals surface area (Å²) in [7, 11) is 4.05. The van der Waals surface area contributed by atoms with Crippen molar-refractivity contribution in [1.82, 2.24) is 15.3 Å². The minimum absolute atomic E-state index is 0.418. The normalized spacial score (nSPS) is 18.6. The summed E-state index contributed by atoms with van der Waals surface area (Å²) in [5, 5.41) is 8.32. The van der Waals surface area contributed by atoms with Gasteiger partial charge in [0.15, 0.2) is 0 Å². The molecular weight excluding hydrogens is 410 g/mol. The van der Waals surface area contributed by atoms with Crippen LogP contribution in [0.5, 0.6) is 0 Å². The van der Waals surface area contributed by atoms with Gasteiger partial charge in [0, 0.05) is 38.1 Å². The molecule has 6 nitrogen and oxygen atoms in total. The minimum Gasteiger partial charge on any atom is -0.373 e. The Bertz CT molecular complexity index is 1030. The molecule has 1 aromatic heterocycles. The van der Waals surface area contributed by atoms with E-state index in [0.29, 0.717) is 25.3 Å². The molecule has 0 spiro atoms.